The van der Waals surface area contributed by atoms with E-state index in [2.05, 4.69) is 17.4 Å². The molecule has 1 amide bonds. The van der Waals surface area contributed by atoms with Crippen LogP contribution in [0.5, 0.6) is 5.75 Å². The molecule has 2 aromatic rings. The number of benzene rings is 2. The highest BCUT2D eigenvalue weighted by Crippen LogP contribution is 2.13. The zero-order valence-electron chi connectivity index (χ0n) is 12.3. The van der Waals surface area contributed by atoms with Crippen LogP contribution in [0.4, 0.5) is 0 Å². The Kier molecular flexibility index (Phi) is 5.83. The van der Waals surface area contributed by atoms with E-state index in [-0.39, 0.29) is 5.91 Å². The summed E-state index contributed by atoms with van der Waals surface area (Å²) in [7, 11) is 0. The maximum atomic E-state index is 12.0. The number of carbonyl (C=O) groups excluding carboxylic acids is 1. The minimum Gasteiger partial charge on any atom is -0.494 e. The van der Waals surface area contributed by atoms with Crippen molar-refractivity contribution in [1.82, 2.24) is 5.32 Å². The molecule has 0 aliphatic rings. The number of ether oxygens (including phenoxy) is 1. The molecule has 0 unspecified atom stereocenters. The van der Waals surface area contributed by atoms with Crippen molar-refractivity contribution in [3.63, 3.8) is 0 Å². The Bertz CT molecular complexity index is 566. The Labute approximate surface area is 126 Å². The summed E-state index contributed by atoms with van der Waals surface area (Å²) in [5.41, 5.74) is 1.94. The summed E-state index contributed by atoms with van der Waals surface area (Å²) in [6, 6.07) is 17.6. The highest BCUT2D eigenvalue weighted by molar-refractivity contribution is 5.94. The summed E-state index contributed by atoms with van der Waals surface area (Å²) in [5.74, 6) is 0.680. The molecule has 0 aromatic heterocycles. The van der Waals surface area contributed by atoms with Crippen LogP contribution >= 0.6 is 0 Å². The van der Waals surface area contributed by atoms with Gasteiger partial charge in [-0.05, 0) is 43.5 Å². The summed E-state index contributed by atoms with van der Waals surface area (Å²) in [5, 5.41) is 2.94. The van der Waals surface area contributed by atoms with Crippen LogP contribution in [0.1, 0.15) is 29.3 Å². The Morgan fingerprint density at radius 2 is 1.90 bits per heavy atom. The second-order valence-electron chi connectivity index (χ2n) is 4.81. The van der Waals surface area contributed by atoms with Gasteiger partial charge in [0, 0.05) is 12.1 Å². The molecule has 0 fully saturated rings. The molecule has 2 rings (SSSR count). The van der Waals surface area contributed by atoms with Gasteiger partial charge in [0.25, 0.3) is 5.91 Å². The second kappa shape index (κ2) is 8.10. The summed E-state index contributed by atoms with van der Waals surface area (Å²) in [6.45, 7) is 3.20. The molecule has 0 spiro atoms. The number of amides is 1. The Hall–Kier alpha value is -2.29. The van der Waals surface area contributed by atoms with E-state index in [1.807, 2.05) is 37.3 Å². The lowest BCUT2D eigenvalue weighted by molar-refractivity contribution is 0.0953. The number of carbonyl (C=O) groups is 1. The molecule has 0 aliphatic carbocycles. The predicted octanol–water partition coefficient (Wildman–Crippen LogP) is 3.45. The molecule has 0 atom stereocenters. The molecule has 0 aliphatic heterocycles. The first-order valence-corrected chi connectivity index (χ1v) is 7.34. The predicted molar refractivity (Wildman–Crippen MR) is 84.7 cm³/mol. The Morgan fingerprint density at radius 1 is 1.10 bits per heavy atom. The number of hydrogen-bond acceptors (Lipinski definition) is 2. The fraction of sp³-hybridized carbons (Fsp3) is 0.278. The maximum Gasteiger partial charge on any atom is 0.251 e. The third-order valence-electron chi connectivity index (χ3n) is 3.18. The van der Waals surface area contributed by atoms with Crippen molar-refractivity contribution < 1.29 is 9.53 Å². The lowest BCUT2D eigenvalue weighted by Gasteiger charge is -2.07. The smallest absolute Gasteiger partial charge is 0.251 e. The molecular formula is C18H21NO2. The third-order valence-corrected chi connectivity index (χ3v) is 3.18. The maximum absolute atomic E-state index is 12.0. The summed E-state index contributed by atoms with van der Waals surface area (Å²) in [6.07, 6.45) is 1.90. The van der Waals surface area contributed by atoms with E-state index < -0.39 is 0 Å². The van der Waals surface area contributed by atoms with Crippen LogP contribution < -0.4 is 10.1 Å². The van der Waals surface area contributed by atoms with Crippen LogP contribution in [0.3, 0.4) is 0 Å². The van der Waals surface area contributed by atoms with Crippen LogP contribution in [0.15, 0.2) is 54.6 Å². The van der Waals surface area contributed by atoms with Gasteiger partial charge in [-0.3, -0.25) is 4.79 Å². The minimum atomic E-state index is -0.0513. The lowest BCUT2D eigenvalue weighted by atomic mass is 10.1. The molecule has 3 heteroatoms. The van der Waals surface area contributed by atoms with Gasteiger partial charge in [0.2, 0.25) is 0 Å². The molecule has 1 N–H and O–H groups in total. The Balaban J connectivity index is 1.78. The topological polar surface area (TPSA) is 38.3 Å². The summed E-state index contributed by atoms with van der Waals surface area (Å²) in [4.78, 5) is 12.0. The number of rotatable bonds is 7. The number of nitrogens with one attached hydrogen (secondary N) is 1. The molecule has 0 bridgehead atoms. The number of hydrogen-bond donors (Lipinski definition) is 1. The van der Waals surface area contributed by atoms with Crippen molar-refractivity contribution in [1.29, 1.82) is 0 Å². The highest BCUT2D eigenvalue weighted by atomic mass is 16.5. The van der Waals surface area contributed by atoms with Gasteiger partial charge in [0.15, 0.2) is 0 Å². The van der Waals surface area contributed by atoms with Gasteiger partial charge in [-0.25, -0.2) is 0 Å². The van der Waals surface area contributed by atoms with E-state index in [0.29, 0.717) is 18.7 Å². The third kappa shape index (κ3) is 4.95. The van der Waals surface area contributed by atoms with Crippen molar-refractivity contribution in [3.8, 4) is 5.75 Å². The van der Waals surface area contributed by atoms with E-state index in [1.165, 1.54) is 5.56 Å². The first-order chi connectivity index (χ1) is 10.3. The van der Waals surface area contributed by atoms with Gasteiger partial charge in [-0.2, -0.15) is 0 Å². The number of aryl methyl sites for hydroxylation is 1. The van der Waals surface area contributed by atoms with Gasteiger partial charge in [-0.1, -0.05) is 36.4 Å². The fourth-order valence-corrected chi connectivity index (χ4v) is 2.13. The molecule has 0 heterocycles. The van der Waals surface area contributed by atoms with Gasteiger partial charge in [0.1, 0.15) is 5.75 Å². The summed E-state index contributed by atoms with van der Waals surface area (Å²) < 4.78 is 5.40. The zero-order chi connectivity index (χ0) is 14.9. The van der Waals surface area contributed by atoms with Crippen LogP contribution in [0, 0.1) is 0 Å². The van der Waals surface area contributed by atoms with Crippen molar-refractivity contribution in [3.05, 3.63) is 65.7 Å². The van der Waals surface area contributed by atoms with Crippen LogP contribution in [-0.4, -0.2) is 19.1 Å². The van der Waals surface area contributed by atoms with Crippen molar-refractivity contribution in [2.24, 2.45) is 0 Å². The molecule has 0 saturated carbocycles. The lowest BCUT2D eigenvalue weighted by Crippen LogP contribution is -2.24. The van der Waals surface area contributed by atoms with Crippen molar-refractivity contribution >= 4 is 5.91 Å². The quantitative estimate of drug-likeness (QED) is 0.790. The van der Waals surface area contributed by atoms with Crippen LogP contribution in [-0.2, 0) is 6.42 Å². The van der Waals surface area contributed by atoms with E-state index in [9.17, 15) is 4.79 Å². The zero-order valence-corrected chi connectivity index (χ0v) is 12.3. The fourth-order valence-electron chi connectivity index (χ4n) is 2.13. The minimum absolute atomic E-state index is 0.0513. The molecular weight excluding hydrogens is 262 g/mol. The largest absolute Gasteiger partial charge is 0.494 e. The van der Waals surface area contributed by atoms with E-state index in [4.69, 9.17) is 4.74 Å². The standard InChI is InChI=1S/C18H21NO2/c1-2-21-17-12-6-11-16(14-17)18(20)19-13-7-10-15-8-4-3-5-9-15/h3-6,8-9,11-12,14H,2,7,10,13H2,1H3,(H,19,20). The Morgan fingerprint density at radius 3 is 2.67 bits per heavy atom. The second-order valence-corrected chi connectivity index (χ2v) is 4.81. The van der Waals surface area contributed by atoms with Gasteiger partial charge in [0.05, 0.1) is 6.61 Å². The average molecular weight is 283 g/mol. The normalized spacial score (nSPS) is 10.1. The monoisotopic (exact) mass is 283 g/mol. The summed E-state index contributed by atoms with van der Waals surface area (Å²) >= 11 is 0. The first-order valence-electron chi connectivity index (χ1n) is 7.34. The van der Waals surface area contributed by atoms with Gasteiger partial charge in [-0.15, -0.1) is 0 Å². The highest BCUT2D eigenvalue weighted by Gasteiger charge is 2.05. The van der Waals surface area contributed by atoms with Crippen LogP contribution in [0.25, 0.3) is 0 Å². The molecule has 110 valence electrons. The molecule has 2 aromatic carbocycles. The van der Waals surface area contributed by atoms with Gasteiger partial charge < -0.3 is 10.1 Å². The molecule has 3 nitrogen and oxygen atoms in total. The molecule has 0 saturated heterocycles. The van der Waals surface area contributed by atoms with E-state index in [1.54, 1.807) is 12.1 Å². The SMILES string of the molecule is CCOc1cccc(C(=O)NCCCc2ccccc2)c1. The van der Waals surface area contributed by atoms with Gasteiger partial charge >= 0.3 is 0 Å². The molecule has 21 heavy (non-hydrogen) atoms. The average Bonchev–Trinajstić information content (AvgIpc) is 2.53. The van der Waals surface area contributed by atoms with Crippen LogP contribution in [0.2, 0.25) is 0 Å². The molecule has 0 radical (unpaired) electrons. The van der Waals surface area contributed by atoms with E-state index in [0.717, 1.165) is 18.6 Å². The first kappa shape index (κ1) is 15.1. The van der Waals surface area contributed by atoms with Crippen molar-refractivity contribution in [2.75, 3.05) is 13.2 Å². The van der Waals surface area contributed by atoms with Crippen molar-refractivity contribution in [2.45, 2.75) is 19.8 Å². The van der Waals surface area contributed by atoms with E-state index >= 15 is 0 Å².